The maximum absolute atomic E-state index is 11.9. The van der Waals surface area contributed by atoms with Crippen LogP contribution in [0.4, 0.5) is 5.69 Å². The van der Waals surface area contributed by atoms with Crippen molar-refractivity contribution in [3.8, 4) is 11.5 Å². The topological polar surface area (TPSA) is 59.6 Å². The van der Waals surface area contributed by atoms with Crippen molar-refractivity contribution in [2.24, 2.45) is 0 Å². The Morgan fingerprint density at radius 1 is 1.04 bits per heavy atom. The molecule has 122 valence electrons. The van der Waals surface area contributed by atoms with Gasteiger partial charge in [-0.25, -0.2) is 0 Å². The lowest BCUT2D eigenvalue weighted by Crippen LogP contribution is -2.27. The van der Waals surface area contributed by atoms with Gasteiger partial charge in [0, 0.05) is 12.2 Å². The van der Waals surface area contributed by atoms with E-state index in [1.54, 1.807) is 14.2 Å². The van der Waals surface area contributed by atoms with Crippen molar-refractivity contribution in [3.63, 3.8) is 0 Å². The molecule has 1 amide bonds. The molecule has 0 saturated carbocycles. The average molecular weight is 314 g/mol. The number of aryl methyl sites for hydroxylation is 1. The van der Waals surface area contributed by atoms with E-state index in [0.717, 1.165) is 16.8 Å². The van der Waals surface area contributed by atoms with E-state index in [4.69, 9.17) is 9.47 Å². The van der Waals surface area contributed by atoms with E-state index in [2.05, 4.69) is 10.6 Å². The summed E-state index contributed by atoms with van der Waals surface area (Å²) in [5.41, 5.74) is 2.94. The molecule has 0 unspecified atom stereocenters. The van der Waals surface area contributed by atoms with E-state index < -0.39 is 0 Å². The van der Waals surface area contributed by atoms with Crippen molar-refractivity contribution in [1.82, 2.24) is 5.32 Å². The first-order valence-corrected chi connectivity index (χ1v) is 7.40. The summed E-state index contributed by atoms with van der Waals surface area (Å²) in [6.45, 7) is 2.80. The second kappa shape index (κ2) is 8.19. The van der Waals surface area contributed by atoms with Crippen LogP contribution in [0.5, 0.6) is 11.5 Å². The van der Waals surface area contributed by atoms with Gasteiger partial charge in [0.05, 0.1) is 20.8 Å². The number of carbonyl (C=O) groups is 1. The molecule has 5 nitrogen and oxygen atoms in total. The van der Waals surface area contributed by atoms with Gasteiger partial charge in [-0.2, -0.15) is 0 Å². The van der Waals surface area contributed by atoms with Gasteiger partial charge in [-0.3, -0.25) is 4.79 Å². The lowest BCUT2D eigenvalue weighted by molar-refractivity contribution is -0.115. The average Bonchev–Trinajstić information content (AvgIpc) is 2.54. The Morgan fingerprint density at radius 3 is 2.52 bits per heavy atom. The predicted octanol–water partition coefficient (Wildman–Crippen LogP) is 2.74. The number of hydrogen-bond donors (Lipinski definition) is 2. The van der Waals surface area contributed by atoms with Crippen LogP contribution in [0.2, 0.25) is 0 Å². The number of ether oxygens (including phenoxy) is 2. The van der Waals surface area contributed by atoms with Crippen molar-refractivity contribution in [2.75, 3.05) is 26.1 Å². The highest BCUT2D eigenvalue weighted by atomic mass is 16.5. The summed E-state index contributed by atoms with van der Waals surface area (Å²) >= 11 is 0. The Hall–Kier alpha value is -2.53. The normalized spacial score (nSPS) is 10.2. The molecule has 2 aromatic carbocycles. The third kappa shape index (κ3) is 5.00. The van der Waals surface area contributed by atoms with Crippen LogP contribution in [-0.2, 0) is 11.3 Å². The number of nitrogens with one attached hydrogen (secondary N) is 2. The van der Waals surface area contributed by atoms with Crippen molar-refractivity contribution in [1.29, 1.82) is 0 Å². The summed E-state index contributed by atoms with van der Waals surface area (Å²) in [6.07, 6.45) is 0. The molecule has 0 spiro atoms. The fourth-order valence-corrected chi connectivity index (χ4v) is 2.24. The molecule has 0 aliphatic heterocycles. The van der Waals surface area contributed by atoms with Gasteiger partial charge in [0.25, 0.3) is 0 Å². The highest BCUT2D eigenvalue weighted by molar-refractivity contribution is 5.92. The SMILES string of the molecule is COc1ccc(CNCC(=O)Nc2cccc(C)c2)cc1OC. The molecule has 0 fully saturated rings. The van der Waals surface area contributed by atoms with E-state index >= 15 is 0 Å². The molecular formula is C18H22N2O3. The van der Waals surface area contributed by atoms with E-state index in [1.165, 1.54) is 0 Å². The first-order valence-electron chi connectivity index (χ1n) is 7.40. The van der Waals surface area contributed by atoms with Gasteiger partial charge >= 0.3 is 0 Å². The summed E-state index contributed by atoms with van der Waals surface area (Å²) in [4.78, 5) is 11.9. The van der Waals surface area contributed by atoms with Crippen LogP contribution in [0, 0.1) is 6.92 Å². The van der Waals surface area contributed by atoms with Crippen LogP contribution in [0.1, 0.15) is 11.1 Å². The Kier molecular flexibility index (Phi) is 6.00. The molecule has 0 aliphatic carbocycles. The molecule has 0 atom stereocenters. The number of methoxy groups -OCH3 is 2. The van der Waals surface area contributed by atoms with Crippen molar-refractivity contribution >= 4 is 11.6 Å². The maximum Gasteiger partial charge on any atom is 0.238 e. The molecule has 0 radical (unpaired) electrons. The number of rotatable bonds is 7. The standard InChI is InChI=1S/C18H22N2O3/c1-13-5-4-6-15(9-13)20-18(21)12-19-11-14-7-8-16(22-2)17(10-14)23-3/h4-10,19H,11-12H2,1-3H3,(H,20,21). The molecule has 2 N–H and O–H groups in total. The Labute approximate surface area is 136 Å². The first-order chi connectivity index (χ1) is 11.1. The Balaban J connectivity index is 1.83. The maximum atomic E-state index is 11.9. The molecular weight excluding hydrogens is 292 g/mol. The van der Waals surface area contributed by atoms with Crippen LogP contribution >= 0.6 is 0 Å². The number of benzene rings is 2. The van der Waals surface area contributed by atoms with Crippen LogP contribution in [0.3, 0.4) is 0 Å². The van der Waals surface area contributed by atoms with Crippen molar-refractivity contribution in [2.45, 2.75) is 13.5 Å². The minimum Gasteiger partial charge on any atom is -0.493 e. The summed E-state index contributed by atoms with van der Waals surface area (Å²) < 4.78 is 10.5. The molecule has 0 heterocycles. The summed E-state index contributed by atoms with van der Waals surface area (Å²) in [5.74, 6) is 1.29. The summed E-state index contributed by atoms with van der Waals surface area (Å²) in [7, 11) is 3.20. The number of anilines is 1. The third-order valence-electron chi connectivity index (χ3n) is 3.36. The van der Waals surface area contributed by atoms with Crippen LogP contribution in [-0.4, -0.2) is 26.7 Å². The van der Waals surface area contributed by atoms with Gasteiger partial charge in [0.2, 0.25) is 5.91 Å². The zero-order valence-electron chi connectivity index (χ0n) is 13.7. The van der Waals surface area contributed by atoms with Gasteiger partial charge in [-0.05, 0) is 42.3 Å². The van der Waals surface area contributed by atoms with Gasteiger partial charge in [-0.15, -0.1) is 0 Å². The molecule has 2 rings (SSSR count). The van der Waals surface area contributed by atoms with Gasteiger partial charge in [-0.1, -0.05) is 18.2 Å². The smallest absolute Gasteiger partial charge is 0.238 e. The lowest BCUT2D eigenvalue weighted by Gasteiger charge is -2.10. The first kappa shape index (κ1) is 16.8. The molecule has 0 bridgehead atoms. The lowest BCUT2D eigenvalue weighted by atomic mass is 10.2. The fourth-order valence-electron chi connectivity index (χ4n) is 2.24. The molecule has 23 heavy (non-hydrogen) atoms. The second-order valence-corrected chi connectivity index (χ2v) is 5.21. The van der Waals surface area contributed by atoms with E-state index in [1.807, 2.05) is 49.4 Å². The van der Waals surface area contributed by atoms with Gasteiger partial charge in [0.15, 0.2) is 11.5 Å². The molecule has 0 saturated heterocycles. The summed E-state index contributed by atoms with van der Waals surface area (Å²) in [5, 5.41) is 5.98. The van der Waals surface area contributed by atoms with Crippen LogP contribution in [0.15, 0.2) is 42.5 Å². The van der Waals surface area contributed by atoms with Gasteiger partial charge in [0.1, 0.15) is 0 Å². The highest BCUT2D eigenvalue weighted by Crippen LogP contribution is 2.27. The second-order valence-electron chi connectivity index (χ2n) is 5.21. The Morgan fingerprint density at radius 2 is 1.83 bits per heavy atom. The quantitative estimate of drug-likeness (QED) is 0.825. The number of hydrogen-bond acceptors (Lipinski definition) is 4. The fraction of sp³-hybridized carbons (Fsp3) is 0.278. The summed E-state index contributed by atoms with van der Waals surface area (Å²) in [6, 6.07) is 13.4. The molecule has 2 aromatic rings. The monoisotopic (exact) mass is 314 g/mol. The molecule has 0 aliphatic rings. The van der Waals surface area contributed by atoms with Crippen LogP contribution < -0.4 is 20.1 Å². The van der Waals surface area contributed by atoms with Crippen molar-refractivity contribution < 1.29 is 14.3 Å². The highest BCUT2D eigenvalue weighted by Gasteiger charge is 2.06. The zero-order valence-corrected chi connectivity index (χ0v) is 13.7. The van der Waals surface area contributed by atoms with Crippen molar-refractivity contribution in [3.05, 3.63) is 53.6 Å². The zero-order chi connectivity index (χ0) is 16.7. The van der Waals surface area contributed by atoms with Gasteiger partial charge < -0.3 is 20.1 Å². The minimum absolute atomic E-state index is 0.0731. The minimum atomic E-state index is -0.0731. The Bertz CT molecular complexity index is 671. The third-order valence-corrected chi connectivity index (χ3v) is 3.36. The molecule has 5 heteroatoms. The largest absolute Gasteiger partial charge is 0.493 e. The van der Waals surface area contributed by atoms with Crippen LogP contribution in [0.25, 0.3) is 0 Å². The van der Waals surface area contributed by atoms with E-state index in [-0.39, 0.29) is 12.5 Å². The number of carbonyl (C=O) groups excluding carboxylic acids is 1. The predicted molar refractivity (Wildman–Crippen MR) is 91.1 cm³/mol. The molecule has 0 aromatic heterocycles. The van der Waals surface area contributed by atoms with E-state index in [9.17, 15) is 4.79 Å². The number of amides is 1. The van der Waals surface area contributed by atoms with E-state index in [0.29, 0.717) is 18.0 Å².